The van der Waals surface area contributed by atoms with Crippen molar-refractivity contribution in [1.29, 1.82) is 0 Å². The number of piperidine rings is 1. The van der Waals surface area contributed by atoms with E-state index in [1.807, 2.05) is 36.9 Å². The molecule has 1 fully saturated rings. The van der Waals surface area contributed by atoms with Gasteiger partial charge in [0.05, 0.1) is 5.75 Å². The van der Waals surface area contributed by atoms with E-state index in [0.29, 0.717) is 22.7 Å². The number of nitrogens with two attached hydrogens (primary N) is 1. The zero-order valence-electron chi connectivity index (χ0n) is 16.1. The van der Waals surface area contributed by atoms with E-state index in [0.717, 1.165) is 42.8 Å². The van der Waals surface area contributed by atoms with Gasteiger partial charge in [0.1, 0.15) is 12.4 Å². The Morgan fingerprint density at radius 2 is 1.93 bits per heavy atom. The highest BCUT2D eigenvalue weighted by Crippen LogP contribution is 2.24. The number of aryl methyl sites for hydroxylation is 2. The second kappa shape index (κ2) is 8.65. The molecule has 1 aromatic heterocycles. The SMILES string of the molecule is Cc1cccc(C)c1OCc1nnc(SCC(=O)N2CCC(C)CC2)n1N. The highest BCUT2D eigenvalue weighted by molar-refractivity contribution is 7.99. The number of hydrogen-bond donors (Lipinski definition) is 1. The lowest BCUT2D eigenvalue weighted by Crippen LogP contribution is -2.39. The van der Waals surface area contributed by atoms with Gasteiger partial charge in [0.25, 0.3) is 0 Å². The van der Waals surface area contributed by atoms with Crippen LogP contribution in [-0.2, 0) is 11.4 Å². The maximum absolute atomic E-state index is 12.4. The summed E-state index contributed by atoms with van der Waals surface area (Å²) in [6.07, 6.45) is 2.15. The number of likely N-dealkylation sites (tertiary alicyclic amines) is 1. The van der Waals surface area contributed by atoms with Gasteiger partial charge in [0.15, 0.2) is 5.82 Å². The third-order valence-corrected chi connectivity index (χ3v) is 5.88. The molecule has 1 aliphatic rings. The molecule has 2 heterocycles. The van der Waals surface area contributed by atoms with Crippen molar-refractivity contribution in [2.24, 2.45) is 5.92 Å². The number of aromatic nitrogens is 3. The average molecular weight is 390 g/mol. The van der Waals surface area contributed by atoms with E-state index < -0.39 is 0 Å². The number of carbonyl (C=O) groups is 1. The minimum atomic E-state index is 0.128. The molecule has 0 unspecified atom stereocenters. The van der Waals surface area contributed by atoms with Crippen molar-refractivity contribution in [3.63, 3.8) is 0 Å². The molecule has 2 N–H and O–H groups in total. The van der Waals surface area contributed by atoms with Crippen molar-refractivity contribution in [1.82, 2.24) is 19.8 Å². The summed E-state index contributed by atoms with van der Waals surface area (Å²) >= 11 is 1.32. The Hall–Kier alpha value is -2.22. The van der Waals surface area contributed by atoms with Crippen LogP contribution in [0.1, 0.15) is 36.7 Å². The summed E-state index contributed by atoms with van der Waals surface area (Å²) in [5.41, 5.74) is 2.13. The number of amides is 1. The first-order chi connectivity index (χ1) is 13.0. The summed E-state index contributed by atoms with van der Waals surface area (Å²) in [4.78, 5) is 14.3. The Morgan fingerprint density at radius 1 is 1.26 bits per heavy atom. The summed E-state index contributed by atoms with van der Waals surface area (Å²) in [7, 11) is 0. The molecule has 8 heteroatoms. The molecule has 0 saturated carbocycles. The van der Waals surface area contributed by atoms with Gasteiger partial charge in [-0.25, -0.2) is 4.68 Å². The van der Waals surface area contributed by atoms with Crippen molar-refractivity contribution in [3.8, 4) is 5.75 Å². The molecule has 0 spiro atoms. The van der Waals surface area contributed by atoms with Gasteiger partial charge in [-0.3, -0.25) is 4.79 Å². The Balaban J connectivity index is 1.55. The smallest absolute Gasteiger partial charge is 0.233 e. The Labute approximate surface area is 164 Å². The summed E-state index contributed by atoms with van der Waals surface area (Å²) in [5.74, 6) is 8.61. The molecule has 27 heavy (non-hydrogen) atoms. The maximum Gasteiger partial charge on any atom is 0.233 e. The van der Waals surface area contributed by atoms with E-state index in [9.17, 15) is 4.79 Å². The molecule has 2 aromatic rings. The Bertz CT molecular complexity index is 779. The molecule has 3 rings (SSSR count). The van der Waals surface area contributed by atoms with Crippen LogP contribution in [0.25, 0.3) is 0 Å². The molecular formula is C19H27N5O2S. The van der Waals surface area contributed by atoms with Gasteiger partial charge in [-0.2, -0.15) is 0 Å². The van der Waals surface area contributed by atoms with E-state index in [1.165, 1.54) is 16.4 Å². The zero-order chi connectivity index (χ0) is 19.4. The minimum absolute atomic E-state index is 0.128. The van der Waals surface area contributed by atoms with Gasteiger partial charge in [0, 0.05) is 13.1 Å². The Kier molecular flexibility index (Phi) is 6.26. The Morgan fingerprint density at radius 3 is 2.59 bits per heavy atom. The summed E-state index contributed by atoms with van der Waals surface area (Å²) in [6, 6.07) is 6.01. The van der Waals surface area contributed by atoms with E-state index in [1.54, 1.807) is 0 Å². The normalized spacial score (nSPS) is 15.1. The van der Waals surface area contributed by atoms with E-state index in [-0.39, 0.29) is 12.5 Å². The largest absolute Gasteiger partial charge is 0.485 e. The number of carbonyl (C=O) groups excluding carboxylic acids is 1. The fraction of sp³-hybridized carbons (Fsp3) is 0.526. The topological polar surface area (TPSA) is 86.3 Å². The highest BCUT2D eigenvalue weighted by atomic mass is 32.2. The van der Waals surface area contributed by atoms with Gasteiger partial charge in [-0.05, 0) is 43.7 Å². The lowest BCUT2D eigenvalue weighted by molar-refractivity contribution is -0.129. The van der Waals surface area contributed by atoms with Crippen molar-refractivity contribution in [3.05, 3.63) is 35.2 Å². The summed E-state index contributed by atoms with van der Waals surface area (Å²) < 4.78 is 7.30. The second-order valence-corrected chi connectivity index (χ2v) is 8.07. The van der Waals surface area contributed by atoms with Crippen molar-refractivity contribution >= 4 is 17.7 Å². The van der Waals surface area contributed by atoms with Gasteiger partial charge < -0.3 is 15.5 Å². The second-order valence-electron chi connectivity index (χ2n) is 7.13. The molecule has 0 atom stereocenters. The molecule has 1 aromatic carbocycles. The first-order valence-corrected chi connectivity index (χ1v) is 10.2. The predicted molar refractivity (Wildman–Crippen MR) is 106 cm³/mol. The van der Waals surface area contributed by atoms with E-state index >= 15 is 0 Å². The molecule has 0 aliphatic carbocycles. The first kappa shape index (κ1) is 19.5. The van der Waals surface area contributed by atoms with Crippen molar-refractivity contribution in [2.75, 3.05) is 24.7 Å². The number of para-hydroxylation sites is 1. The quantitative estimate of drug-likeness (QED) is 0.604. The van der Waals surface area contributed by atoms with Gasteiger partial charge in [-0.15, -0.1) is 10.2 Å². The number of ether oxygens (including phenoxy) is 1. The maximum atomic E-state index is 12.4. The third-order valence-electron chi connectivity index (χ3n) is 4.95. The van der Waals surface area contributed by atoms with Gasteiger partial charge >= 0.3 is 0 Å². The molecule has 1 aliphatic heterocycles. The third kappa shape index (κ3) is 4.74. The molecule has 1 amide bonds. The lowest BCUT2D eigenvalue weighted by Gasteiger charge is -2.30. The van der Waals surface area contributed by atoms with Crippen LogP contribution in [0, 0.1) is 19.8 Å². The standard InChI is InChI=1S/C19H27N5O2S/c1-13-7-9-23(10-8-13)17(25)12-27-19-22-21-16(24(19)20)11-26-18-14(2)5-4-6-15(18)3/h4-6,13H,7-12,20H2,1-3H3. The monoisotopic (exact) mass is 389 g/mol. The van der Waals surface area contributed by atoms with Crippen molar-refractivity contribution in [2.45, 2.75) is 45.4 Å². The summed E-state index contributed by atoms with van der Waals surface area (Å²) in [5, 5.41) is 8.73. The number of rotatable bonds is 6. The van der Waals surface area contributed by atoms with Crippen LogP contribution in [0.2, 0.25) is 0 Å². The first-order valence-electron chi connectivity index (χ1n) is 9.24. The summed E-state index contributed by atoms with van der Waals surface area (Å²) in [6.45, 7) is 8.15. The fourth-order valence-electron chi connectivity index (χ4n) is 3.14. The van der Waals surface area contributed by atoms with E-state index in [2.05, 4.69) is 17.1 Å². The molecule has 7 nitrogen and oxygen atoms in total. The number of thioether (sulfide) groups is 1. The average Bonchev–Trinajstić information content (AvgIpc) is 3.00. The highest BCUT2D eigenvalue weighted by Gasteiger charge is 2.21. The lowest BCUT2D eigenvalue weighted by atomic mass is 9.99. The van der Waals surface area contributed by atoms with Crippen LogP contribution >= 0.6 is 11.8 Å². The van der Waals surface area contributed by atoms with Gasteiger partial charge in [0.2, 0.25) is 11.1 Å². The fourth-order valence-corrected chi connectivity index (χ4v) is 3.92. The predicted octanol–water partition coefficient (Wildman–Crippen LogP) is 2.54. The molecule has 146 valence electrons. The zero-order valence-corrected chi connectivity index (χ0v) is 17.0. The minimum Gasteiger partial charge on any atom is -0.485 e. The van der Waals surface area contributed by atoms with Crippen LogP contribution in [0.15, 0.2) is 23.4 Å². The number of benzene rings is 1. The molecule has 0 radical (unpaired) electrons. The van der Waals surface area contributed by atoms with Crippen molar-refractivity contribution < 1.29 is 9.53 Å². The van der Waals surface area contributed by atoms with Crippen LogP contribution in [-0.4, -0.2) is 44.5 Å². The van der Waals surface area contributed by atoms with Crippen LogP contribution < -0.4 is 10.6 Å². The molecule has 0 bridgehead atoms. The number of nitrogen functional groups attached to an aromatic ring is 1. The van der Waals surface area contributed by atoms with Crippen LogP contribution in [0.3, 0.4) is 0 Å². The number of nitrogens with zero attached hydrogens (tertiary/aromatic N) is 4. The van der Waals surface area contributed by atoms with E-state index in [4.69, 9.17) is 10.6 Å². The molecule has 1 saturated heterocycles. The van der Waals surface area contributed by atoms with Crippen LogP contribution in [0.4, 0.5) is 0 Å². The van der Waals surface area contributed by atoms with Gasteiger partial charge in [-0.1, -0.05) is 36.9 Å². The van der Waals surface area contributed by atoms with Crippen LogP contribution in [0.5, 0.6) is 5.75 Å². The number of hydrogen-bond acceptors (Lipinski definition) is 6. The molecular weight excluding hydrogens is 362 g/mol.